The highest BCUT2D eigenvalue weighted by atomic mass is 32.2. The van der Waals surface area contributed by atoms with Gasteiger partial charge in [-0.1, -0.05) is 6.92 Å². The van der Waals surface area contributed by atoms with Crippen LogP contribution in [0.25, 0.3) is 0 Å². The van der Waals surface area contributed by atoms with Crippen molar-refractivity contribution in [1.29, 1.82) is 0 Å². The van der Waals surface area contributed by atoms with Crippen molar-refractivity contribution in [3.63, 3.8) is 0 Å². The zero-order chi connectivity index (χ0) is 13.0. The number of carbonyl (C=O) groups is 1. The summed E-state index contributed by atoms with van der Waals surface area (Å²) in [5.41, 5.74) is 0. The van der Waals surface area contributed by atoms with Crippen molar-refractivity contribution in [2.45, 2.75) is 50.4 Å². The molecule has 2 atom stereocenters. The lowest BCUT2D eigenvalue weighted by atomic mass is 10.0. The van der Waals surface area contributed by atoms with Crippen LogP contribution >= 0.6 is 11.8 Å². The Morgan fingerprint density at radius 3 is 2.67 bits per heavy atom. The Balaban J connectivity index is 1.71. The van der Waals surface area contributed by atoms with Crippen molar-refractivity contribution in [1.82, 2.24) is 10.2 Å². The molecule has 0 saturated carbocycles. The average Bonchev–Trinajstić information content (AvgIpc) is 2.76. The van der Waals surface area contributed by atoms with Gasteiger partial charge in [-0.05, 0) is 31.9 Å². The van der Waals surface area contributed by atoms with Crippen LogP contribution in [0.15, 0.2) is 0 Å². The van der Waals surface area contributed by atoms with Crippen LogP contribution in [0.3, 0.4) is 0 Å². The second-order valence-corrected chi connectivity index (χ2v) is 6.58. The molecule has 2 saturated heterocycles. The molecule has 2 unspecified atom stereocenters. The third-order valence-electron chi connectivity index (χ3n) is 3.85. The predicted molar refractivity (Wildman–Crippen MR) is 75.1 cm³/mol. The van der Waals surface area contributed by atoms with Gasteiger partial charge < -0.3 is 15.0 Å². The molecule has 104 valence electrons. The smallest absolute Gasteiger partial charge is 0.409 e. The van der Waals surface area contributed by atoms with Crippen LogP contribution < -0.4 is 5.32 Å². The number of likely N-dealkylation sites (tertiary alicyclic amines) is 1. The molecule has 18 heavy (non-hydrogen) atoms. The lowest BCUT2D eigenvalue weighted by Gasteiger charge is -2.33. The molecule has 2 rings (SSSR count). The highest BCUT2D eigenvalue weighted by Crippen LogP contribution is 2.27. The zero-order valence-electron chi connectivity index (χ0n) is 11.4. The minimum absolute atomic E-state index is 0.152. The normalized spacial score (nSPS) is 29.6. The fraction of sp³-hybridized carbons (Fsp3) is 0.923. The maximum absolute atomic E-state index is 11.6. The molecule has 2 heterocycles. The minimum atomic E-state index is -0.152. The molecule has 2 aliphatic heterocycles. The van der Waals surface area contributed by atoms with Crippen LogP contribution in [0.1, 0.15) is 33.1 Å². The first kappa shape index (κ1) is 14.0. The Hall–Kier alpha value is -0.420. The molecule has 0 aromatic rings. The third kappa shape index (κ3) is 3.54. The Morgan fingerprint density at radius 2 is 2.11 bits per heavy atom. The van der Waals surface area contributed by atoms with Crippen LogP contribution in [0, 0.1) is 0 Å². The summed E-state index contributed by atoms with van der Waals surface area (Å²) in [6.07, 6.45) is 3.23. The quantitative estimate of drug-likeness (QED) is 0.854. The minimum Gasteiger partial charge on any atom is -0.450 e. The first-order chi connectivity index (χ1) is 8.70. The molecule has 0 spiro atoms. The van der Waals surface area contributed by atoms with Crippen LogP contribution in [0.4, 0.5) is 4.79 Å². The molecule has 1 amide bonds. The second-order valence-electron chi connectivity index (χ2n) is 5.10. The van der Waals surface area contributed by atoms with E-state index in [0.717, 1.165) is 31.2 Å². The molecule has 0 radical (unpaired) electrons. The van der Waals surface area contributed by atoms with Gasteiger partial charge in [-0.15, -0.1) is 0 Å². The number of piperidine rings is 1. The number of rotatable bonds is 3. The standard InChI is InChI=1S/C13H24N2O2S/c1-3-17-13(16)15-7-4-11(5-8-15)14-12-6-9-18-10(12)2/h10-12,14H,3-9H2,1-2H3. The topological polar surface area (TPSA) is 41.6 Å². The molecule has 0 aromatic carbocycles. The van der Waals surface area contributed by atoms with E-state index in [1.54, 1.807) is 0 Å². The number of carbonyl (C=O) groups excluding carboxylic acids is 1. The van der Waals surface area contributed by atoms with Crippen molar-refractivity contribution in [3.8, 4) is 0 Å². The van der Waals surface area contributed by atoms with Gasteiger partial charge in [-0.3, -0.25) is 0 Å². The van der Waals surface area contributed by atoms with Crippen LogP contribution in [0.5, 0.6) is 0 Å². The lowest BCUT2D eigenvalue weighted by molar-refractivity contribution is 0.0942. The van der Waals surface area contributed by atoms with Gasteiger partial charge in [0.25, 0.3) is 0 Å². The van der Waals surface area contributed by atoms with Gasteiger partial charge in [0.2, 0.25) is 0 Å². The van der Waals surface area contributed by atoms with E-state index in [1.165, 1.54) is 12.2 Å². The van der Waals surface area contributed by atoms with Crippen molar-refractivity contribution in [3.05, 3.63) is 0 Å². The Kier molecular flexibility index (Phi) is 5.18. The summed E-state index contributed by atoms with van der Waals surface area (Å²) >= 11 is 2.06. The highest BCUT2D eigenvalue weighted by molar-refractivity contribution is 8.00. The van der Waals surface area contributed by atoms with Gasteiger partial charge in [0.05, 0.1) is 6.61 Å². The summed E-state index contributed by atoms with van der Waals surface area (Å²) in [6.45, 7) is 6.28. The van der Waals surface area contributed by atoms with E-state index in [1.807, 2.05) is 11.8 Å². The summed E-state index contributed by atoms with van der Waals surface area (Å²) in [7, 11) is 0. The summed E-state index contributed by atoms with van der Waals surface area (Å²) in [4.78, 5) is 13.4. The van der Waals surface area contributed by atoms with Crippen molar-refractivity contribution < 1.29 is 9.53 Å². The summed E-state index contributed by atoms with van der Waals surface area (Å²) in [5, 5.41) is 4.49. The number of hydrogen-bond acceptors (Lipinski definition) is 4. The molecule has 2 fully saturated rings. The number of thioether (sulfide) groups is 1. The fourth-order valence-electron chi connectivity index (χ4n) is 2.70. The van der Waals surface area contributed by atoms with Gasteiger partial charge in [0.1, 0.15) is 0 Å². The van der Waals surface area contributed by atoms with Crippen molar-refractivity contribution in [2.75, 3.05) is 25.4 Å². The van der Waals surface area contributed by atoms with Crippen LogP contribution in [0.2, 0.25) is 0 Å². The number of nitrogens with zero attached hydrogens (tertiary/aromatic N) is 1. The third-order valence-corrected chi connectivity index (χ3v) is 5.17. The molecule has 0 aliphatic carbocycles. The maximum Gasteiger partial charge on any atom is 0.409 e. The van der Waals surface area contributed by atoms with E-state index >= 15 is 0 Å². The molecule has 2 aliphatic rings. The van der Waals surface area contributed by atoms with E-state index in [-0.39, 0.29) is 6.09 Å². The monoisotopic (exact) mass is 272 g/mol. The highest BCUT2D eigenvalue weighted by Gasteiger charge is 2.29. The van der Waals surface area contributed by atoms with E-state index in [2.05, 4.69) is 24.0 Å². The van der Waals surface area contributed by atoms with Crippen LogP contribution in [-0.4, -0.2) is 53.8 Å². The Morgan fingerprint density at radius 1 is 1.39 bits per heavy atom. The fourth-order valence-corrected chi connectivity index (χ4v) is 3.91. The Labute approximate surface area is 114 Å². The molecular weight excluding hydrogens is 248 g/mol. The number of hydrogen-bond donors (Lipinski definition) is 1. The van der Waals surface area contributed by atoms with E-state index in [4.69, 9.17) is 4.74 Å². The molecule has 4 nitrogen and oxygen atoms in total. The maximum atomic E-state index is 11.6. The van der Waals surface area contributed by atoms with Gasteiger partial charge in [0.15, 0.2) is 0 Å². The number of ether oxygens (including phenoxy) is 1. The number of nitrogens with one attached hydrogen (secondary N) is 1. The zero-order valence-corrected chi connectivity index (χ0v) is 12.2. The summed E-state index contributed by atoms with van der Waals surface area (Å²) in [5.74, 6) is 1.28. The largest absolute Gasteiger partial charge is 0.450 e. The lowest BCUT2D eigenvalue weighted by Crippen LogP contribution is -2.49. The molecule has 0 bridgehead atoms. The molecule has 1 N–H and O–H groups in total. The van der Waals surface area contributed by atoms with Gasteiger partial charge in [-0.2, -0.15) is 11.8 Å². The first-order valence-electron chi connectivity index (χ1n) is 7.00. The SMILES string of the molecule is CCOC(=O)N1CCC(NC2CCSC2C)CC1. The van der Waals surface area contributed by atoms with E-state index in [9.17, 15) is 4.79 Å². The van der Waals surface area contributed by atoms with Gasteiger partial charge in [0, 0.05) is 30.4 Å². The summed E-state index contributed by atoms with van der Waals surface area (Å²) in [6, 6.07) is 1.23. The molecule has 5 heteroatoms. The van der Waals surface area contributed by atoms with Gasteiger partial charge in [-0.25, -0.2) is 4.79 Å². The van der Waals surface area contributed by atoms with E-state index in [0.29, 0.717) is 18.7 Å². The van der Waals surface area contributed by atoms with Gasteiger partial charge >= 0.3 is 6.09 Å². The predicted octanol–water partition coefficient (Wildman–Crippen LogP) is 2.09. The van der Waals surface area contributed by atoms with Crippen molar-refractivity contribution in [2.24, 2.45) is 0 Å². The molecule has 0 aromatic heterocycles. The molecular formula is C13H24N2O2S. The average molecular weight is 272 g/mol. The first-order valence-corrected chi connectivity index (χ1v) is 8.05. The summed E-state index contributed by atoms with van der Waals surface area (Å²) < 4.78 is 5.03. The Bertz CT molecular complexity index is 280. The van der Waals surface area contributed by atoms with Crippen LogP contribution in [-0.2, 0) is 4.74 Å². The van der Waals surface area contributed by atoms with Crippen molar-refractivity contribution >= 4 is 17.9 Å². The van der Waals surface area contributed by atoms with E-state index < -0.39 is 0 Å². The number of amides is 1. The second kappa shape index (κ2) is 6.66.